The second-order valence-electron chi connectivity index (χ2n) is 10.6. The quantitative estimate of drug-likeness (QED) is 0.605. The van der Waals surface area contributed by atoms with E-state index in [0.717, 1.165) is 30.4 Å². The van der Waals surface area contributed by atoms with Crippen molar-refractivity contribution in [1.29, 1.82) is 0 Å². The number of hydrogen-bond donors (Lipinski definition) is 2. The van der Waals surface area contributed by atoms with Gasteiger partial charge in [-0.25, -0.2) is 0 Å². The van der Waals surface area contributed by atoms with Crippen molar-refractivity contribution in [3.63, 3.8) is 0 Å². The van der Waals surface area contributed by atoms with Crippen LogP contribution in [0.25, 0.3) is 0 Å². The molecule has 0 amide bonds. The lowest BCUT2D eigenvalue weighted by molar-refractivity contribution is -0.115. The Hall–Kier alpha value is -1.45. The molecule has 4 aliphatic rings. The van der Waals surface area contributed by atoms with Gasteiger partial charge in [0.05, 0.1) is 12.2 Å². The SMILES string of the molecule is C=C1/C(=C\C=C2\CCC[C@]3(C)[C@@H]([C@H](C)/C=C/C(=O)C4CC4)CC[C@@H]23)C[C@@H](O)C[C@@H]1O. The van der Waals surface area contributed by atoms with Crippen molar-refractivity contribution in [2.75, 3.05) is 0 Å². The summed E-state index contributed by atoms with van der Waals surface area (Å²) in [7, 11) is 0. The molecule has 30 heavy (non-hydrogen) atoms. The molecule has 0 bridgehead atoms. The number of fused-ring (bicyclic) bond motifs is 1. The molecule has 0 saturated heterocycles. The molecule has 164 valence electrons. The van der Waals surface area contributed by atoms with Gasteiger partial charge in [-0.3, -0.25) is 4.79 Å². The molecule has 0 heterocycles. The first-order valence-corrected chi connectivity index (χ1v) is 12.0. The summed E-state index contributed by atoms with van der Waals surface area (Å²) >= 11 is 0. The second kappa shape index (κ2) is 8.59. The zero-order valence-electron chi connectivity index (χ0n) is 18.6. The average Bonchev–Trinajstić information content (AvgIpc) is 3.49. The van der Waals surface area contributed by atoms with Crippen molar-refractivity contribution in [1.82, 2.24) is 0 Å². The summed E-state index contributed by atoms with van der Waals surface area (Å²) in [4.78, 5) is 12.1. The molecule has 3 nitrogen and oxygen atoms in total. The lowest BCUT2D eigenvalue weighted by Gasteiger charge is -2.44. The maximum atomic E-state index is 12.1. The number of carbonyl (C=O) groups excluding carboxylic acids is 1. The van der Waals surface area contributed by atoms with Crippen LogP contribution in [0.3, 0.4) is 0 Å². The van der Waals surface area contributed by atoms with Crippen LogP contribution in [0.1, 0.15) is 71.6 Å². The highest BCUT2D eigenvalue weighted by Gasteiger charge is 2.50. The van der Waals surface area contributed by atoms with E-state index in [-0.39, 0.29) is 5.41 Å². The highest BCUT2D eigenvalue weighted by molar-refractivity contribution is 5.93. The number of allylic oxidation sites excluding steroid dienone is 5. The molecular weight excluding hydrogens is 372 g/mol. The van der Waals surface area contributed by atoms with Crippen LogP contribution in [0, 0.1) is 29.1 Å². The molecule has 4 fully saturated rings. The standard InChI is InChI=1S/C27H38O3/c1-17(6-13-25(29)20-8-9-20)23-11-12-24-19(5-4-14-27(23,24)3)7-10-21-15-22(28)16-26(30)18(21)2/h6-7,10,13,17,20,22-24,26,28,30H,2,4-5,8-9,11-12,14-16H2,1,3H3/b13-6+,19-7-,21-10-/t17-,22-,23-,24+,26+,27-/m1/s1. The second-order valence-corrected chi connectivity index (χ2v) is 10.6. The first-order valence-electron chi connectivity index (χ1n) is 12.0. The maximum Gasteiger partial charge on any atom is 0.158 e. The molecule has 4 rings (SSSR count). The molecule has 2 N–H and O–H groups in total. The Bertz CT molecular complexity index is 784. The van der Waals surface area contributed by atoms with Gasteiger partial charge in [0.15, 0.2) is 5.78 Å². The van der Waals surface area contributed by atoms with Gasteiger partial charge < -0.3 is 10.2 Å². The van der Waals surface area contributed by atoms with Crippen LogP contribution in [-0.4, -0.2) is 28.2 Å². The number of carbonyl (C=O) groups is 1. The molecule has 6 atom stereocenters. The van der Waals surface area contributed by atoms with Gasteiger partial charge in [-0.2, -0.15) is 0 Å². The summed E-state index contributed by atoms with van der Waals surface area (Å²) < 4.78 is 0. The number of aliphatic hydroxyl groups excluding tert-OH is 2. The number of rotatable bonds is 5. The Morgan fingerprint density at radius 1 is 1.20 bits per heavy atom. The summed E-state index contributed by atoms with van der Waals surface area (Å²) in [6.07, 6.45) is 16.5. The van der Waals surface area contributed by atoms with Crippen LogP contribution >= 0.6 is 0 Å². The average molecular weight is 411 g/mol. The van der Waals surface area contributed by atoms with Crippen LogP contribution in [0.5, 0.6) is 0 Å². The molecule has 0 radical (unpaired) electrons. The Balaban J connectivity index is 1.49. The largest absolute Gasteiger partial charge is 0.393 e. The lowest BCUT2D eigenvalue weighted by atomic mass is 9.61. The predicted octanol–water partition coefficient (Wildman–Crippen LogP) is 5.30. The monoisotopic (exact) mass is 410 g/mol. The third-order valence-electron chi connectivity index (χ3n) is 8.48. The summed E-state index contributed by atoms with van der Waals surface area (Å²) in [5.74, 6) is 2.28. The topological polar surface area (TPSA) is 57.5 Å². The van der Waals surface area contributed by atoms with Crippen molar-refractivity contribution < 1.29 is 15.0 Å². The minimum atomic E-state index is -0.628. The molecule has 0 spiro atoms. The van der Waals surface area contributed by atoms with Crippen molar-refractivity contribution in [3.8, 4) is 0 Å². The number of ketones is 1. The van der Waals surface area contributed by atoms with Crippen LogP contribution in [-0.2, 0) is 4.79 Å². The van der Waals surface area contributed by atoms with Crippen LogP contribution < -0.4 is 0 Å². The van der Waals surface area contributed by atoms with E-state index in [2.05, 4.69) is 38.7 Å². The van der Waals surface area contributed by atoms with Gasteiger partial charge in [0, 0.05) is 12.3 Å². The van der Waals surface area contributed by atoms with E-state index < -0.39 is 12.2 Å². The predicted molar refractivity (Wildman–Crippen MR) is 121 cm³/mol. The van der Waals surface area contributed by atoms with Crippen molar-refractivity contribution in [2.24, 2.45) is 29.1 Å². The summed E-state index contributed by atoms with van der Waals surface area (Å²) in [5, 5.41) is 20.1. The van der Waals surface area contributed by atoms with Crippen molar-refractivity contribution in [2.45, 2.75) is 83.8 Å². The Labute approximate surface area is 181 Å². The van der Waals surface area contributed by atoms with Crippen LogP contribution in [0.15, 0.2) is 47.6 Å². The fourth-order valence-electron chi connectivity index (χ4n) is 6.49. The van der Waals surface area contributed by atoms with Gasteiger partial charge in [-0.05, 0) is 91.8 Å². The third kappa shape index (κ3) is 4.29. The first-order chi connectivity index (χ1) is 14.3. The summed E-state index contributed by atoms with van der Waals surface area (Å²) in [5.41, 5.74) is 3.56. The molecule has 0 aromatic rings. The Morgan fingerprint density at radius 2 is 1.97 bits per heavy atom. The van der Waals surface area contributed by atoms with E-state index in [0.29, 0.717) is 42.3 Å². The van der Waals surface area contributed by atoms with E-state index in [9.17, 15) is 15.0 Å². The van der Waals surface area contributed by atoms with Gasteiger partial charge in [-0.15, -0.1) is 0 Å². The van der Waals surface area contributed by atoms with E-state index in [1.165, 1.54) is 31.3 Å². The highest BCUT2D eigenvalue weighted by atomic mass is 16.3. The molecule has 0 aromatic carbocycles. The molecule has 4 saturated carbocycles. The summed E-state index contributed by atoms with van der Waals surface area (Å²) in [6.45, 7) is 8.81. The van der Waals surface area contributed by atoms with E-state index in [1.807, 2.05) is 6.08 Å². The van der Waals surface area contributed by atoms with Gasteiger partial charge in [0.25, 0.3) is 0 Å². The molecular formula is C27H38O3. The summed E-state index contributed by atoms with van der Waals surface area (Å²) in [6, 6.07) is 0. The normalized spacial score (nSPS) is 40.9. The maximum absolute atomic E-state index is 12.1. The van der Waals surface area contributed by atoms with Crippen LogP contribution in [0.4, 0.5) is 0 Å². The van der Waals surface area contributed by atoms with E-state index in [1.54, 1.807) is 0 Å². The van der Waals surface area contributed by atoms with Gasteiger partial charge in [0.2, 0.25) is 0 Å². The van der Waals surface area contributed by atoms with Crippen molar-refractivity contribution >= 4 is 5.78 Å². The molecule has 0 aromatic heterocycles. The fraction of sp³-hybridized carbons (Fsp3) is 0.667. The minimum absolute atomic E-state index is 0.289. The molecule has 4 aliphatic carbocycles. The zero-order chi connectivity index (χ0) is 21.5. The fourth-order valence-corrected chi connectivity index (χ4v) is 6.49. The smallest absolute Gasteiger partial charge is 0.158 e. The first kappa shape index (κ1) is 21.8. The third-order valence-corrected chi connectivity index (χ3v) is 8.48. The van der Waals surface area contributed by atoms with Gasteiger partial charge in [0.1, 0.15) is 0 Å². The molecule has 0 unspecified atom stereocenters. The zero-order valence-corrected chi connectivity index (χ0v) is 18.6. The highest BCUT2D eigenvalue weighted by Crippen LogP contribution is 2.59. The lowest BCUT2D eigenvalue weighted by Crippen LogP contribution is -2.35. The molecule has 0 aliphatic heterocycles. The van der Waals surface area contributed by atoms with E-state index >= 15 is 0 Å². The van der Waals surface area contributed by atoms with Crippen molar-refractivity contribution in [3.05, 3.63) is 47.6 Å². The Kier molecular flexibility index (Phi) is 6.23. The minimum Gasteiger partial charge on any atom is -0.393 e. The Morgan fingerprint density at radius 3 is 2.70 bits per heavy atom. The van der Waals surface area contributed by atoms with Crippen LogP contribution in [0.2, 0.25) is 0 Å². The molecule has 3 heteroatoms. The number of aliphatic hydroxyl groups is 2. The van der Waals surface area contributed by atoms with Gasteiger partial charge in [-0.1, -0.05) is 44.2 Å². The van der Waals surface area contributed by atoms with E-state index in [4.69, 9.17) is 0 Å². The van der Waals surface area contributed by atoms with Gasteiger partial charge >= 0.3 is 0 Å². The number of hydrogen-bond acceptors (Lipinski definition) is 3.